The minimum absolute atomic E-state index is 0.00426. The fourth-order valence-corrected chi connectivity index (χ4v) is 6.89. The van der Waals surface area contributed by atoms with Gasteiger partial charge >= 0.3 is 5.97 Å². The molecule has 37 heavy (non-hydrogen) atoms. The van der Waals surface area contributed by atoms with E-state index in [9.17, 15) is 27.1 Å². The van der Waals surface area contributed by atoms with Crippen molar-refractivity contribution in [3.8, 4) is 5.75 Å². The zero-order valence-corrected chi connectivity index (χ0v) is 22.7. The lowest BCUT2D eigenvalue weighted by atomic mass is 9.69. The third-order valence-electron chi connectivity index (χ3n) is 7.35. The van der Waals surface area contributed by atoms with Gasteiger partial charge < -0.3 is 14.7 Å². The van der Waals surface area contributed by atoms with Crippen LogP contribution >= 0.6 is 11.8 Å². The van der Waals surface area contributed by atoms with E-state index in [0.717, 1.165) is 19.0 Å². The van der Waals surface area contributed by atoms with Gasteiger partial charge in [0.25, 0.3) is 0 Å². The maximum absolute atomic E-state index is 13.8. The summed E-state index contributed by atoms with van der Waals surface area (Å²) in [5.41, 5.74) is 0.199. The number of ether oxygens (including phenoxy) is 1. The summed E-state index contributed by atoms with van der Waals surface area (Å²) in [5, 5.41) is 9.69. The van der Waals surface area contributed by atoms with Crippen LogP contribution in [0.2, 0.25) is 0 Å². The largest absolute Gasteiger partial charge is 0.491 e. The lowest BCUT2D eigenvalue weighted by molar-refractivity contribution is -0.157. The van der Waals surface area contributed by atoms with Crippen molar-refractivity contribution in [1.82, 2.24) is 4.31 Å². The number of likely N-dealkylation sites (N-methyl/N-ethyl adjacent to an activating group) is 1. The van der Waals surface area contributed by atoms with E-state index >= 15 is 0 Å². The molecule has 0 aromatic heterocycles. The van der Waals surface area contributed by atoms with E-state index in [1.807, 2.05) is 41.5 Å². The molecule has 1 saturated carbocycles. The predicted molar refractivity (Wildman–Crippen MR) is 140 cm³/mol. The fraction of sp³-hybridized carbons (Fsp3) is 0.500. The summed E-state index contributed by atoms with van der Waals surface area (Å²) >= 11 is 1.37. The number of hydrogen-bond acceptors (Lipinski definition) is 6. The van der Waals surface area contributed by atoms with Crippen LogP contribution in [-0.2, 0) is 14.8 Å². The van der Waals surface area contributed by atoms with Gasteiger partial charge in [-0.1, -0.05) is 24.6 Å². The van der Waals surface area contributed by atoms with Gasteiger partial charge in [-0.15, -0.1) is 11.8 Å². The number of aliphatic carboxylic acids is 1. The van der Waals surface area contributed by atoms with Crippen LogP contribution in [0.15, 0.2) is 52.3 Å². The molecule has 1 atom stereocenters. The molecule has 0 amide bonds. The average Bonchev–Trinajstić information content (AvgIpc) is 2.89. The molecular formula is C26H32F2N2O5S2. The smallest absolute Gasteiger partial charge is 0.313 e. The molecule has 0 saturated heterocycles. The normalized spacial score (nSPS) is 21.0. The maximum atomic E-state index is 13.8. The number of nitrogens with zero attached hydrogens (tertiary/aromatic N) is 2. The Morgan fingerprint density at radius 3 is 2.46 bits per heavy atom. The molecule has 4 rings (SSSR count). The summed E-state index contributed by atoms with van der Waals surface area (Å²) in [6.45, 7) is 0.975. The Morgan fingerprint density at radius 2 is 1.92 bits per heavy atom. The van der Waals surface area contributed by atoms with E-state index in [0.29, 0.717) is 29.2 Å². The Morgan fingerprint density at radius 1 is 1.24 bits per heavy atom. The first-order valence-corrected chi connectivity index (χ1v) is 14.8. The molecule has 1 N–H and O–H groups in total. The maximum Gasteiger partial charge on any atom is 0.313 e. The lowest BCUT2D eigenvalue weighted by Gasteiger charge is -2.37. The zero-order chi connectivity index (χ0) is 27.0. The standard InChI is InChI=1S/C26H32F2N2O5S2/c1-25(27,28)13-10-19-16-30(18-8-5-4-6-9-18)20-14-22(36-3)21(15-23(20)37(33,34)29(19)2)35-17-26(24(31)32)11-7-12-26/h4-6,8-9,14-15,19H,7,10-13,16-17H2,1-3H3,(H,31,32)/t19-/m1/s1. The fourth-order valence-electron chi connectivity index (χ4n) is 4.78. The summed E-state index contributed by atoms with van der Waals surface area (Å²) in [6.07, 6.45) is 3.19. The second-order valence-corrected chi connectivity index (χ2v) is 12.7. The number of sulfonamides is 1. The Bertz CT molecular complexity index is 1250. The molecule has 1 heterocycles. The van der Waals surface area contributed by atoms with Gasteiger partial charge in [0, 0.05) is 37.8 Å². The summed E-state index contributed by atoms with van der Waals surface area (Å²) in [6, 6.07) is 11.7. The van der Waals surface area contributed by atoms with Crippen molar-refractivity contribution < 1.29 is 31.8 Å². The predicted octanol–water partition coefficient (Wildman–Crippen LogP) is 5.62. The van der Waals surface area contributed by atoms with Crippen molar-refractivity contribution in [3.63, 3.8) is 0 Å². The molecule has 0 unspecified atom stereocenters. The SMILES string of the molecule is CSc1cc2c(cc1OCC1(C(=O)O)CCC1)S(=O)(=O)N(C)[C@H](CCC(C)(F)F)CN2c1ccccc1. The average molecular weight is 555 g/mol. The number of rotatable bonds is 9. The third-order valence-corrected chi connectivity index (χ3v) is 10.1. The van der Waals surface area contributed by atoms with Crippen molar-refractivity contribution in [3.05, 3.63) is 42.5 Å². The minimum atomic E-state index is -4.08. The minimum Gasteiger partial charge on any atom is -0.491 e. The topological polar surface area (TPSA) is 87.1 Å². The molecule has 1 aliphatic carbocycles. The van der Waals surface area contributed by atoms with Crippen molar-refractivity contribution >= 4 is 39.1 Å². The lowest BCUT2D eigenvalue weighted by Crippen LogP contribution is -2.43. The summed E-state index contributed by atoms with van der Waals surface area (Å²) in [4.78, 5) is 14.3. The van der Waals surface area contributed by atoms with Gasteiger partial charge in [-0.05, 0) is 50.6 Å². The van der Waals surface area contributed by atoms with E-state index in [4.69, 9.17) is 4.74 Å². The van der Waals surface area contributed by atoms with Crippen LogP contribution in [0.5, 0.6) is 5.75 Å². The first kappa shape index (κ1) is 27.7. The van der Waals surface area contributed by atoms with Gasteiger partial charge in [0.15, 0.2) is 0 Å². The zero-order valence-electron chi connectivity index (χ0n) is 21.1. The molecule has 0 bridgehead atoms. The van der Waals surface area contributed by atoms with E-state index in [1.54, 1.807) is 6.07 Å². The van der Waals surface area contributed by atoms with Crippen LogP contribution in [0.25, 0.3) is 0 Å². The van der Waals surface area contributed by atoms with Crippen LogP contribution in [0.1, 0.15) is 39.0 Å². The molecule has 1 fully saturated rings. The van der Waals surface area contributed by atoms with E-state index in [-0.39, 0.29) is 24.5 Å². The van der Waals surface area contributed by atoms with Crippen LogP contribution < -0.4 is 9.64 Å². The number of carboxylic acid groups (broad SMARTS) is 1. The van der Waals surface area contributed by atoms with Gasteiger partial charge in [0.05, 0.1) is 10.6 Å². The number of carbonyl (C=O) groups is 1. The highest BCUT2D eigenvalue weighted by Crippen LogP contribution is 2.46. The molecule has 2 aromatic carbocycles. The van der Waals surface area contributed by atoms with Gasteiger partial charge in [0.2, 0.25) is 15.9 Å². The quantitative estimate of drug-likeness (QED) is 0.403. The Kier molecular flexibility index (Phi) is 7.79. The Labute approximate surface area is 220 Å². The Balaban J connectivity index is 1.80. The van der Waals surface area contributed by atoms with Crippen LogP contribution in [0, 0.1) is 5.41 Å². The van der Waals surface area contributed by atoms with Crippen molar-refractivity contribution in [1.29, 1.82) is 0 Å². The van der Waals surface area contributed by atoms with Crippen LogP contribution in [0.3, 0.4) is 0 Å². The van der Waals surface area contributed by atoms with Crippen molar-refractivity contribution in [2.24, 2.45) is 5.41 Å². The van der Waals surface area contributed by atoms with Crippen molar-refractivity contribution in [2.75, 3.05) is 31.4 Å². The van der Waals surface area contributed by atoms with E-state index in [1.165, 1.54) is 29.2 Å². The molecule has 2 aliphatic rings. The second kappa shape index (κ2) is 10.4. The number of alkyl halides is 2. The molecule has 202 valence electrons. The molecule has 7 nitrogen and oxygen atoms in total. The highest BCUT2D eigenvalue weighted by Gasteiger charge is 2.46. The number of benzene rings is 2. The summed E-state index contributed by atoms with van der Waals surface area (Å²) in [5.74, 6) is -3.55. The number of hydrogen-bond donors (Lipinski definition) is 1. The molecular weight excluding hydrogens is 522 g/mol. The third kappa shape index (κ3) is 5.58. The van der Waals surface area contributed by atoms with E-state index in [2.05, 4.69) is 0 Å². The molecule has 2 aromatic rings. The Hall–Kier alpha value is -2.37. The monoisotopic (exact) mass is 554 g/mol. The van der Waals surface area contributed by atoms with Crippen LogP contribution in [-0.4, -0.2) is 62.2 Å². The highest BCUT2D eigenvalue weighted by atomic mass is 32.2. The number of anilines is 2. The highest BCUT2D eigenvalue weighted by molar-refractivity contribution is 7.98. The van der Waals surface area contributed by atoms with Gasteiger partial charge in [-0.25, -0.2) is 17.2 Å². The number of thioether (sulfide) groups is 1. The van der Waals surface area contributed by atoms with Crippen LogP contribution in [0.4, 0.5) is 20.2 Å². The molecule has 0 spiro atoms. The summed E-state index contributed by atoms with van der Waals surface area (Å²) < 4.78 is 62.3. The number of para-hydroxylation sites is 1. The van der Waals surface area contributed by atoms with Gasteiger partial charge in [-0.3, -0.25) is 4.79 Å². The second-order valence-electron chi connectivity index (χ2n) is 9.93. The number of fused-ring (bicyclic) bond motifs is 1. The first-order valence-electron chi connectivity index (χ1n) is 12.1. The van der Waals surface area contributed by atoms with Crippen molar-refractivity contribution in [2.45, 2.75) is 60.8 Å². The molecule has 1 aliphatic heterocycles. The molecule has 11 heteroatoms. The number of halogens is 2. The van der Waals surface area contributed by atoms with E-state index < -0.39 is 39.8 Å². The summed E-state index contributed by atoms with van der Waals surface area (Å²) in [7, 11) is -2.66. The molecule has 0 radical (unpaired) electrons. The number of carboxylic acids is 1. The van der Waals surface area contributed by atoms with Gasteiger partial charge in [-0.2, -0.15) is 4.31 Å². The van der Waals surface area contributed by atoms with Gasteiger partial charge in [0.1, 0.15) is 22.7 Å². The first-order chi connectivity index (χ1) is 17.4.